The fraction of sp³-hybridized carbons (Fsp3) is 0.638. The summed E-state index contributed by atoms with van der Waals surface area (Å²) in [4.78, 5) is 40.5. The second-order valence-corrected chi connectivity index (χ2v) is 15.0. The van der Waals surface area contributed by atoms with Crippen molar-refractivity contribution >= 4 is 22.8 Å². The number of carbonyl (C=O) groups excluding carboxylic acids is 2. The Morgan fingerprint density at radius 3 is 1.45 bits per heavy atom. The number of hydrogen-bond donors (Lipinski definition) is 2. The number of ether oxygens (including phenoxy) is 14. The fourth-order valence-electron chi connectivity index (χ4n) is 6.59. The summed E-state index contributed by atoms with van der Waals surface area (Å²) in [5.41, 5.74) is -1.04. The maximum absolute atomic E-state index is 13.6. The molecule has 22 heteroatoms. The highest BCUT2D eigenvalue weighted by Crippen LogP contribution is 2.37. The van der Waals surface area contributed by atoms with E-state index in [-0.39, 0.29) is 55.4 Å². The first-order chi connectivity index (χ1) is 33.7. The zero-order valence-corrected chi connectivity index (χ0v) is 39.2. The number of methoxy groups -OCH3 is 1. The third kappa shape index (κ3) is 23.9. The van der Waals surface area contributed by atoms with Crippen LogP contribution in [-0.4, -0.2) is 195 Å². The molecule has 388 valence electrons. The van der Waals surface area contributed by atoms with E-state index in [4.69, 9.17) is 66.3 Å². The summed E-state index contributed by atoms with van der Waals surface area (Å²) < 4.78 is 116. The highest BCUT2D eigenvalue weighted by molar-refractivity contribution is 5.90. The van der Waals surface area contributed by atoms with E-state index in [0.717, 1.165) is 6.07 Å². The second kappa shape index (κ2) is 34.9. The lowest BCUT2D eigenvalue weighted by molar-refractivity contribution is -0.137. The monoisotopic (exact) mass is 988 g/mol. The standard InChI is InChI=1S/C47H67F3N2O17/c1-56-8-9-57-10-11-58-12-13-59-14-15-60-16-17-61-18-19-62-20-21-63-22-23-64-24-25-65-26-27-66-28-29-67-30-31-68-46(55)69-35-38-34-41(44(53)51-38)36-6-7-37-33-43(52-45(54)40(37)32-36)39-4-2-3-5-42(39)47(48,49)50/h2-7,32-33,38,41H,8-31,34-35H2,1H3,(H,51,53)(H,52,54)/t38?,41-/m0/s1. The van der Waals surface area contributed by atoms with E-state index in [9.17, 15) is 27.6 Å². The maximum Gasteiger partial charge on any atom is 0.508 e. The van der Waals surface area contributed by atoms with Gasteiger partial charge in [0.2, 0.25) is 5.91 Å². The minimum atomic E-state index is -4.61. The summed E-state index contributed by atoms with van der Waals surface area (Å²) in [7, 11) is 1.63. The van der Waals surface area contributed by atoms with E-state index in [1.807, 2.05) is 0 Å². The molecule has 3 aromatic rings. The van der Waals surface area contributed by atoms with Crippen LogP contribution < -0.4 is 10.9 Å². The molecule has 2 heterocycles. The molecule has 1 amide bonds. The van der Waals surface area contributed by atoms with Crippen molar-refractivity contribution in [1.82, 2.24) is 10.3 Å². The Hall–Kier alpha value is -4.30. The van der Waals surface area contributed by atoms with Crippen LogP contribution in [-0.2, 0) is 77.3 Å². The number of amides is 1. The van der Waals surface area contributed by atoms with Gasteiger partial charge in [-0.1, -0.05) is 30.3 Å². The van der Waals surface area contributed by atoms with Crippen molar-refractivity contribution in [2.24, 2.45) is 0 Å². The summed E-state index contributed by atoms with van der Waals surface area (Å²) in [6, 6.07) is 10.8. The molecule has 0 radical (unpaired) electrons. The minimum absolute atomic E-state index is 0.0259. The number of halogens is 3. The summed E-state index contributed by atoms with van der Waals surface area (Å²) >= 11 is 0. The Balaban J connectivity index is 0.870. The Morgan fingerprint density at radius 1 is 0.565 bits per heavy atom. The van der Waals surface area contributed by atoms with Gasteiger partial charge in [0.15, 0.2) is 0 Å². The summed E-state index contributed by atoms with van der Waals surface area (Å²) in [6.45, 7) is 10.0. The van der Waals surface area contributed by atoms with E-state index >= 15 is 0 Å². The van der Waals surface area contributed by atoms with Crippen LogP contribution >= 0.6 is 0 Å². The van der Waals surface area contributed by atoms with Crippen molar-refractivity contribution in [3.05, 3.63) is 70.0 Å². The molecular formula is C47H67F3N2O17. The van der Waals surface area contributed by atoms with Gasteiger partial charge in [0.25, 0.3) is 5.56 Å². The SMILES string of the molecule is COCCOCCOCCOCCOCCOCCOCCOCCOCCOCCOCCOCCOC(=O)OCC1C[C@@H](c2ccc3cc(-c4ccccc4C(F)(F)F)[nH]c(=O)c3c2)C(=O)N1. The molecule has 1 aliphatic heterocycles. The first-order valence-corrected chi connectivity index (χ1v) is 22.9. The summed E-state index contributed by atoms with van der Waals surface area (Å²) in [5, 5.41) is 3.42. The maximum atomic E-state index is 13.6. The lowest BCUT2D eigenvalue weighted by Crippen LogP contribution is -2.31. The van der Waals surface area contributed by atoms with Crippen molar-refractivity contribution in [2.75, 3.05) is 172 Å². The number of alkyl halides is 3. The zero-order valence-electron chi connectivity index (χ0n) is 39.2. The number of aromatic amines is 1. The van der Waals surface area contributed by atoms with Gasteiger partial charge in [-0.3, -0.25) is 9.59 Å². The molecular weight excluding hydrogens is 922 g/mol. The normalized spacial score (nSPS) is 15.0. The first-order valence-electron chi connectivity index (χ1n) is 22.9. The van der Waals surface area contributed by atoms with Crippen molar-refractivity contribution in [1.29, 1.82) is 0 Å². The van der Waals surface area contributed by atoms with Gasteiger partial charge >= 0.3 is 12.3 Å². The molecule has 1 unspecified atom stereocenters. The number of pyridine rings is 1. The third-order valence-electron chi connectivity index (χ3n) is 9.98. The molecule has 0 bridgehead atoms. The molecule has 1 aliphatic rings. The van der Waals surface area contributed by atoms with Gasteiger partial charge in [0.1, 0.15) is 13.2 Å². The number of fused-ring (bicyclic) bond motifs is 1. The second-order valence-electron chi connectivity index (χ2n) is 15.0. The average Bonchev–Trinajstić information content (AvgIpc) is 3.72. The number of aromatic nitrogens is 1. The van der Waals surface area contributed by atoms with Crippen LogP contribution in [0.15, 0.2) is 53.3 Å². The van der Waals surface area contributed by atoms with E-state index in [2.05, 4.69) is 10.3 Å². The molecule has 0 aliphatic carbocycles. The number of benzene rings is 2. The van der Waals surface area contributed by atoms with Gasteiger partial charge < -0.3 is 76.6 Å². The van der Waals surface area contributed by atoms with Crippen LogP contribution in [0.1, 0.15) is 23.5 Å². The van der Waals surface area contributed by atoms with Crippen molar-refractivity contribution in [3.63, 3.8) is 0 Å². The molecule has 1 aromatic heterocycles. The zero-order chi connectivity index (χ0) is 49.2. The molecule has 2 atom stereocenters. The molecule has 0 spiro atoms. The smallest absolute Gasteiger partial charge is 0.432 e. The van der Waals surface area contributed by atoms with E-state index in [1.54, 1.807) is 25.3 Å². The van der Waals surface area contributed by atoms with Gasteiger partial charge in [-0.05, 0) is 35.6 Å². The first kappa shape index (κ1) is 57.3. The van der Waals surface area contributed by atoms with Crippen LogP contribution in [0.25, 0.3) is 22.0 Å². The van der Waals surface area contributed by atoms with E-state index in [0.29, 0.717) is 150 Å². The number of rotatable bonds is 40. The quantitative estimate of drug-likeness (QED) is 0.0606. The van der Waals surface area contributed by atoms with Crippen LogP contribution in [0.4, 0.5) is 18.0 Å². The Kier molecular flexibility index (Phi) is 29.0. The number of H-pyrrole nitrogens is 1. The molecule has 1 fully saturated rings. The Bertz CT molecular complexity index is 1920. The molecule has 2 aromatic carbocycles. The number of carbonyl (C=O) groups is 2. The van der Waals surface area contributed by atoms with Gasteiger partial charge in [-0.25, -0.2) is 4.79 Å². The number of nitrogens with one attached hydrogen (secondary N) is 2. The van der Waals surface area contributed by atoms with Gasteiger partial charge in [-0.15, -0.1) is 0 Å². The largest absolute Gasteiger partial charge is 0.508 e. The Morgan fingerprint density at radius 2 is 1.00 bits per heavy atom. The average molecular weight is 989 g/mol. The van der Waals surface area contributed by atoms with Crippen LogP contribution in [0.2, 0.25) is 0 Å². The predicted molar refractivity (Wildman–Crippen MR) is 242 cm³/mol. The number of hydrogen-bond acceptors (Lipinski definition) is 17. The predicted octanol–water partition coefficient (Wildman–Crippen LogP) is 4.17. The van der Waals surface area contributed by atoms with Gasteiger partial charge in [-0.2, -0.15) is 13.2 Å². The lowest BCUT2D eigenvalue weighted by atomic mass is 9.93. The summed E-state index contributed by atoms with van der Waals surface area (Å²) in [5.74, 6) is -0.952. The molecule has 1 saturated heterocycles. The van der Waals surface area contributed by atoms with E-state index in [1.165, 1.54) is 24.3 Å². The van der Waals surface area contributed by atoms with Crippen LogP contribution in [0.3, 0.4) is 0 Å². The third-order valence-corrected chi connectivity index (χ3v) is 9.98. The molecule has 19 nitrogen and oxygen atoms in total. The lowest BCUT2D eigenvalue weighted by Gasteiger charge is -2.14. The van der Waals surface area contributed by atoms with Gasteiger partial charge in [0, 0.05) is 23.8 Å². The molecule has 69 heavy (non-hydrogen) atoms. The topological polar surface area (TPSA) is 208 Å². The van der Waals surface area contributed by atoms with Crippen LogP contribution in [0, 0.1) is 0 Å². The van der Waals surface area contributed by atoms with Crippen LogP contribution in [0.5, 0.6) is 0 Å². The highest BCUT2D eigenvalue weighted by Gasteiger charge is 2.35. The summed E-state index contributed by atoms with van der Waals surface area (Å²) in [6.07, 6.45) is -5.25. The molecule has 0 saturated carbocycles. The van der Waals surface area contributed by atoms with Crippen molar-refractivity contribution < 1.29 is 89.1 Å². The highest BCUT2D eigenvalue weighted by atomic mass is 19.4. The van der Waals surface area contributed by atoms with Gasteiger partial charge in [0.05, 0.1) is 169 Å². The Labute approximate surface area is 399 Å². The minimum Gasteiger partial charge on any atom is -0.432 e. The van der Waals surface area contributed by atoms with Crippen molar-refractivity contribution in [3.8, 4) is 11.3 Å². The molecule has 2 N–H and O–H groups in total. The fourth-order valence-corrected chi connectivity index (χ4v) is 6.59. The van der Waals surface area contributed by atoms with E-state index < -0.39 is 35.4 Å². The molecule has 4 rings (SSSR count). The van der Waals surface area contributed by atoms with Crippen molar-refractivity contribution in [2.45, 2.75) is 24.6 Å².